The number of carbonyl (C=O) groups is 2. The zero-order valence-electron chi connectivity index (χ0n) is 17.7. The molecule has 0 radical (unpaired) electrons. The summed E-state index contributed by atoms with van der Waals surface area (Å²) in [4.78, 5) is 24.2. The molecule has 0 spiro atoms. The van der Waals surface area contributed by atoms with Crippen LogP contribution in [0, 0.1) is 0 Å². The Morgan fingerprint density at radius 1 is 1.14 bits per heavy atom. The number of rotatable bonds is 9. The maximum Gasteiger partial charge on any atom is 0.407 e. The molecule has 0 bridgehead atoms. The van der Waals surface area contributed by atoms with E-state index in [1.807, 2.05) is 30.3 Å². The van der Waals surface area contributed by atoms with E-state index >= 15 is 0 Å². The van der Waals surface area contributed by atoms with Gasteiger partial charge in [-0.3, -0.25) is 0 Å². The van der Waals surface area contributed by atoms with E-state index in [2.05, 4.69) is 39.2 Å². The average Bonchev–Trinajstić information content (AvgIpc) is 2.63. The number of hydrogen-bond donors (Lipinski definition) is 2. The van der Waals surface area contributed by atoms with Crippen molar-refractivity contribution in [3.63, 3.8) is 0 Å². The van der Waals surface area contributed by atoms with Crippen molar-refractivity contribution >= 4 is 20.4 Å². The van der Waals surface area contributed by atoms with Crippen LogP contribution >= 0.6 is 0 Å². The Hall–Kier alpha value is -1.90. The van der Waals surface area contributed by atoms with Crippen LogP contribution in [0.1, 0.15) is 33.3 Å². The van der Waals surface area contributed by atoms with Gasteiger partial charge >= 0.3 is 12.1 Å². The summed E-state index contributed by atoms with van der Waals surface area (Å²) in [6, 6.07) is 8.25. The largest absolute Gasteiger partial charge is 0.464 e. The first-order valence-corrected chi connectivity index (χ1v) is 12.3. The van der Waals surface area contributed by atoms with Crippen molar-refractivity contribution in [1.82, 2.24) is 5.32 Å². The van der Waals surface area contributed by atoms with E-state index in [-0.39, 0.29) is 24.9 Å². The maximum absolute atomic E-state index is 12.2. The van der Waals surface area contributed by atoms with Gasteiger partial charge in [0.25, 0.3) is 0 Å². The molecule has 8 heteroatoms. The van der Waals surface area contributed by atoms with E-state index in [0.717, 1.165) is 5.56 Å². The molecule has 1 aromatic rings. The molecule has 1 amide bonds. The number of carbonyl (C=O) groups excluding carboxylic acids is 2. The Balaban J connectivity index is 2.76. The number of amides is 1. The summed E-state index contributed by atoms with van der Waals surface area (Å²) >= 11 is 0. The number of hydrogen-bond acceptors (Lipinski definition) is 6. The monoisotopic (exact) mass is 411 g/mol. The second kappa shape index (κ2) is 10.6. The normalized spacial score (nSPS) is 14.1. The minimum atomic E-state index is -2.14. The van der Waals surface area contributed by atoms with Crippen LogP contribution in [0.5, 0.6) is 0 Å². The van der Waals surface area contributed by atoms with Gasteiger partial charge in [0, 0.05) is 0 Å². The predicted molar refractivity (Wildman–Crippen MR) is 109 cm³/mol. The molecule has 2 atom stereocenters. The molecule has 1 aromatic carbocycles. The van der Waals surface area contributed by atoms with Gasteiger partial charge in [0.05, 0.1) is 19.3 Å². The third-order valence-electron chi connectivity index (χ3n) is 4.86. The number of ether oxygens (including phenoxy) is 2. The molecule has 0 aliphatic heterocycles. The summed E-state index contributed by atoms with van der Waals surface area (Å²) in [6.45, 7) is 12.2. The van der Waals surface area contributed by atoms with Gasteiger partial charge in [0.2, 0.25) is 0 Å². The first-order chi connectivity index (χ1) is 13.0. The summed E-state index contributed by atoms with van der Waals surface area (Å²) in [5.41, 5.74) is 0.831. The van der Waals surface area contributed by atoms with Gasteiger partial charge in [-0.25, -0.2) is 9.59 Å². The molecular weight excluding hydrogens is 378 g/mol. The standard InChI is InChI=1S/C20H33NO6Si/c1-7-25-18(23)17(22)16(14-27-28(5,6)20(2,3)4)21-19(24)26-13-15-11-9-8-10-12-15/h8-12,16-17,22H,7,13-14H2,1-6H3,(H,21,24)/t16-,17+/m0/s1. The predicted octanol–water partition coefficient (Wildman–Crippen LogP) is 3.23. The Kier molecular flexibility index (Phi) is 9.13. The van der Waals surface area contributed by atoms with Gasteiger partial charge in [-0.05, 0) is 30.6 Å². The minimum absolute atomic E-state index is 0.0170. The SMILES string of the molecule is CCOC(=O)[C@H](O)[C@H](CO[Si](C)(C)C(C)(C)C)NC(=O)OCc1ccccc1. The van der Waals surface area contributed by atoms with Crippen molar-refractivity contribution in [2.75, 3.05) is 13.2 Å². The molecule has 0 saturated carbocycles. The second-order valence-corrected chi connectivity index (χ2v) is 12.9. The average molecular weight is 412 g/mol. The molecule has 0 aromatic heterocycles. The topological polar surface area (TPSA) is 94.1 Å². The van der Waals surface area contributed by atoms with E-state index in [1.165, 1.54) is 0 Å². The Labute approximate surface area is 168 Å². The van der Waals surface area contributed by atoms with Crippen molar-refractivity contribution < 1.29 is 28.6 Å². The van der Waals surface area contributed by atoms with Gasteiger partial charge in [-0.1, -0.05) is 51.1 Å². The first-order valence-electron chi connectivity index (χ1n) is 9.44. The van der Waals surface area contributed by atoms with Crippen molar-refractivity contribution in [1.29, 1.82) is 0 Å². The quantitative estimate of drug-likeness (QED) is 0.479. The second-order valence-electron chi connectivity index (χ2n) is 8.08. The van der Waals surface area contributed by atoms with Gasteiger partial charge in [0.1, 0.15) is 6.61 Å². The number of aliphatic hydroxyl groups excluding tert-OH is 1. The molecule has 0 unspecified atom stereocenters. The van der Waals surface area contributed by atoms with Crippen LogP contribution in [-0.4, -0.2) is 50.8 Å². The lowest BCUT2D eigenvalue weighted by atomic mass is 10.2. The van der Waals surface area contributed by atoms with E-state index in [0.29, 0.717) is 0 Å². The number of nitrogens with one attached hydrogen (secondary N) is 1. The number of benzene rings is 1. The summed E-state index contributed by atoms with van der Waals surface area (Å²) in [6.07, 6.45) is -2.29. The maximum atomic E-state index is 12.2. The third kappa shape index (κ3) is 7.61. The molecule has 2 N–H and O–H groups in total. The summed E-state index contributed by atoms with van der Waals surface area (Å²) in [5.74, 6) is -0.810. The minimum Gasteiger partial charge on any atom is -0.464 e. The van der Waals surface area contributed by atoms with Gasteiger partial charge in [-0.2, -0.15) is 0 Å². The van der Waals surface area contributed by atoms with E-state index < -0.39 is 32.5 Å². The zero-order chi connectivity index (χ0) is 21.4. The van der Waals surface area contributed by atoms with E-state index in [1.54, 1.807) is 6.92 Å². The van der Waals surface area contributed by atoms with Gasteiger partial charge in [0.15, 0.2) is 14.4 Å². The van der Waals surface area contributed by atoms with E-state index in [9.17, 15) is 14.7 Å². The van der Waals surface area contributed by atoms with Crippen LogP contribution in [0.4, 0.5) is 4.79 Å². The van der Waals surface area contributed by atoms with Crippen LogP contribution in [0.15, 0.2) is 30.3 Å². The van der Waals surface area contributed by atoms with Crippen molar-refractivity contribution in [3.05, 3.63) is 35.9 Å². The number of esters is 1. The number of aliphatic hydroxyl groups is 1. The lowest BCUT2D eigenvalue weighted by Gasteiger charge is -2.37. The van der Waals surface area contributed by atoms with Crippen molar-refractivity contribution in [2.45, 2.75) is 64.6 Å². The van der Waals surface area contributed by atoms with E-state index in [4.69, 9.17) is 13.9 Å². The van der Waals surface area contributed by atoms with Crippen molar-refractivity contribution in [3.8, 4) is 0 Å². The van der Waals surface area contributed by atoms with Crippen LogP contribution in [0.25, 0.3) is 0 Å². The highest BCUT2D eigenvalue weighted by Gasteiger charge is 2.39. The fourth-order valence-electron chi connectivity index (χ4n) is 2.03. The molecule has 1 rings (SSSR count). The lowest BCUT2D eigenvalue weighted by molar-refractivity contribution is -0.155. The summed E-state index contributed by atoms with van der Waals surface area (Å²) in [5, 5.41) is 12.8. The molecule has 0 saturated heterocycles. The van der Waals surface area contributed by atoms with Crippen LogP contribution in [0.2, 0.25) is 18.1 Å². The Bertz CT molecular complexity index is 629. The van der Waals surface area contributed by atoms with Gasteiger partial charge < -0.3 is 24.3 Å². The molecule has 0 aliphatic rings. The Morgan fingerprint density at radius 2 is 1.75 bits per heavy atom. The molecule has 28 heavy (non-hydrogen) atoms. The third-order valence-corrected chi connectivity index (χ3v) is 9.36. The fraction of sp³-hybridized carbons (Fsp3) is 0.600. The molecule has 0 fully saturated rings. The molecule has 7 nitrogen and oxygen atoms in total. The molecular formula is C20H33NO6Si. The van der Waals surface area contributed by atoms with Crippen LogP contribution < -0.4 is 5.32 Å². The lowest BCUT2D eigenvalue weighted by Crippen LogP contribution is -2.53. The van der Waals surface area contributed by atoms with Crippen LogP contribution in [-0.2, 0) is 25.3 Å². The summed E-state index contributed by atoms with van der Waals surface area (Å²) in [7, 11) is -2.14. The Morgan fingerprint density at radius 3 is 2.29 bits per heavy atom. The smallest absolute Gasteiger partial charge is 0.407 e. The summed E-state index contributed by atoms with van der Waals surface area (Å²) < 4.78 is 16.1. The van der Waals surface area contributed by atoms with Gasteiger partial charge in [-0.15, -0.1) is 0 Å². The molecule has 0 heterocycles. The first kappa shape index (κ1) is 24.1. The molecule has 0 aliphatic carbocycles. The van der Waals surface area contributed by atoms with Crippen molar-refractivity contribution in [2.24, 2.45) is 0 Å². The van der Waals surface area contributed by atoms with Crippen LogP contribution in [0.3, 0.4) is 0 Å². The zero-order valence-corrected chi connectivity index (χ0v) is 18.7. The number of alkyl carbamates (subject to hydrolysis) is 1. The highest BCUT2D eigenvalue weighted by Crippen LogP contribution is 2.36. The highest BCUT2D eigenvalue weighted by atomic mass is 28.4. The molecule has 158 valence electrons. The highest BCUT2D eigenvalue weighted by molar-refractivity contribution is 6.74. The fourth-order valence-corrected chi connectivity index (χ4v) is 3.06.